The van der Waals surface area contributed by atoms with Gasteiger partial charge in [0.05, 0.1) is 28.1 Å². The van der Waals surface area contributed by atoms with Crippen molar-refractivity contribution in [1.29, 1.82) is 0 Å². The third kappa shape index (κ3) is 8.08. The SMILES string of the molecule is C1=C[N+](C(n2cccn2)n2cccn2)=NC1.CC(C)C[C@@H](N)c1nc2ccccc2[nH]1.Cn1c(NC(=O)c2ccccc2)nc2ccccc21. The Morgan fingerprint density at radius 3 is 2.14 bits per heavy atom. The average molecular weight is 670 g/mol. The summed E-state index contributed by atoms with van der Waals surface area (Å²) >= 11 is 0. The molecule has 254 valence electrons. The van der Waals surface area contributed by atoms with Gasteiger partial charge in [0.15, 0.2) is 6.20 Å². The van der Waals surface area contributed by atoms with Crippen LogP contribution in [0.25, 0.3) is 22.1 Å². The van der Waals surface area contributed by atoms with Gasteiger partial charge < -0.3 is 15.3 Å². The summed E-state index contributed by atoms with van der Waals surface area (Å²) in [5.41, 5.74) is 10.6. The van der Waals surface area contributed by atoms with Crippen molar-refractivity contribution in [3.8, 4) is 0 Å². The van der Waals surface area contributed by atoms with Gasteiger partial charge in [-0.1, -0.05) is 56.3 Å². The first-order chi connectivity index (χ1) is 24.4. The van der Waals surface area contributed by atoms with Crippen molar-refractivity contribution in [3.63, 3.8) is 0 Å². The number of aryl methyl sites for hydroxylation is 1. The normalized spacial score (nSPS) is 12.8. The van der Waals surface area contributed by atoms with Gasteiger partial charge in [0, 0.05) is 43.5 Å². The van der Waals surface area contributed by atoms with Crippen LogP contribution in [0.1, 0.15) is 48.8 Å². The number of azo groups is 2. The molecule has 0 spiro atoms. The Kier molecular flexibility index (Phi) is 10.6. The van der Waals surface area contributed by atoms with E-state index >= 15 is 0 Å². The maximum Gasteiger partial charge on any atom is 0.377 e. The molecule has 1 amide bonds. The van der Waals surface area contributed by atoms with Crippen LogP contribution in [0.2, 0.25) is 0 Å². The lowest BCUT2D eigenvalue weighted by atomic mass is 10.0. The topological polar surface area (TPSA) is 153 Å². The molecule has 5 heterocycles. The number of H-pyrrole nitrogens is 1. The molecule has 50 heavy (non-hydrogen) atoms. The lowest BCUT2D eigenvalue weighted by Crippen LogP contribution is -2.27. The molecule has 3 aromatic carbocycles. The van der Waals surface area contributed by atoms with Crippen molar-refractivity contribution in [2.75, 3.05) is 11.9 Å². The Morgan fingerprint density at radius 1 is 0.880 bits per heavy atom. The molecule has 13 heteroatoms. The highest BCUT2D eigenvalue weighted by atomic mass is 16.1. The minimum absolute atomic E-state index is 0.0115. The van der Waals surface area contributed by atoms with Gasteiger partial charge >= 0.3 is 6.29 Å². The fraction of sp³-hybridized carbons (Fsp3) is 0.216. The standard InChI is InChI=1S/C15H13N3O.C12H17N3.C10H11N6/c1-18-13-10-6-5-9-12(13)16-15(18)17-14(19)11-7-3-2-4-8-11;1-8(2)7-9(13)12-14-10-5-3-4-6-11(10)15-12;1-4-11-14(7-1)10(15-8-2-5-12-15)16-9-3-6-13-16/h2-10H,1H3,(H,16,17,19);3-6,8-9H,7,13H2,1-2H3,(H,14,15);1-5,7-10H,6H2/q;;+1/t;9-;/m.1./s1. The third-order valence-electron chi connectivity index (χ3n) is 7.90. The first-order valence-electron chi connectivity index (χ1n) is 16.5. The van der Waals surface area contributed by atoms with Crippen LogP contribution in [0.4, 0.5) is 5.95 Å². The molecule has 0 radical (unpaired) electrons. The second-order valence-corrected chi connectivity index (χ2v) is 12.1. The van der Waals surface area contributed by atoms with E-state index in [2.05, 4.69) is 49.4 Å². The number of hydrogen-bond donors (Lipinski definition) is 3. The molecule has 0 aliphatic carbocycles. The van der Waals surface area contributed by atoms with Crippen LogP contribution in [0, 0.1) is 5.92 Å². The van der Waals surface area contributed by atoms with E-state index in [1.54, 1.807) is 24.5 Å². The van der Waals surface area contributed by atoms with Crippen LogP contribution in [0.3, 0.4) is 0 Å². The molecule has 1 aliphatic rings. The highest BCUT2D eigenvalue weighted by Gasteiger charge is 2.27. The number of anilines is 1. The van der Waals surface area contributed by atoms with E-state index in [1.165, 1.54) is 0 Å². The number of benzene rings is 3. The molecule has 0 saturated carbocycles. The van der Waals surface area contributed by atoms with Crippen LogP contribution in [-0.4, -0.2) is 56.2 Å². The Labute approximate surface area is 289 Å². The number of nitrogens with two attached hydrogens (primary N) is 1. The summed E-state index contributed by atoms with van der Waals surface area (Å²) in [6.45, 7) is 5.05. The second kappa shape index (κ2) is 15.8. The Bertz CT molecular complexity index is 2110. The zero-order valence-corrected chi connectivity index (χ0v) is 28.3. The maximum atomic E-state index is 12.1. The van der Waals surface area contributed by atoms with Crippen LogP contribution in [0.5, 0.6) is 0 Å². The molecule has 0 bridgehead atoms. The highest BCUT2D eigenvalue weighted by molar-refractivity contribution is 6.04. The molecule has 7 aromatic rings. The van der Waals surface area contributed by atoms with Crippen LogP contribution in [0.15, 0.2) is 133 Å². The fourth-order valence-electron chi connectivity index (χ4n) is 5.48. The van der Waals surface area contributed by atoms with Crippen molar-refractivity contribution in [1.82, 2.24) is 39.1 Å². The minimum Gasteiger partial charge on any atom is -0.341 e. The molecule has 1 aliphatic heterocycles. The van der Waals surface area contributed by atoms with Gasteiger partial charge in [-0.3, -0.25) is 10.1 Å². The number of amides is 1. The Hall–Kier alpha value is -6.21. The second-order valence-electron chi connectivity index (χ2n) is 12.1. The van der Waals surface area contributed by atoms with Crippen molar-refractivity contribution in [2.24, 2.45) is 23.8 Å². The average Bonchev–Trinajstić information content (AvgIpc) is 3.98. The number of aromatic amines is 1. The van der Waals surface area contributed by atoms with Gasteiger partial charge in [-0.2, -0.15) is 19.6 Å². The number of fused-ring (bicyclic) bond motifs is 2. The van der Waals surface area contributed by atoms with E-state index in [1.807, 2.05) is 129 Å². The quantitative estimate of drug-likeness (QED) is 0.157. The number of para-hydroxylation sites is 4. The van der Waals surface area contributed by atoms with Crippen molar-refractivity contribution in [3.05, 3.63) is 139 Å². The number of imidazole rings is 2. The molecule has 0 saturated heterocycles. The maximum absolute atomic E-state index is 12.1. The lowest BCUT2D eigenvalue weighted by Gasteiger charge is -2.10. The number of rotatable bonds is 8. The molecule has 0 unspecified atom stereocenters. The molecule has 1 atom stereocenters. The van der Waals surface area contributed by atoms with E-state index in [0.717, 1.165) is 34.3 Å². The highest BCUT2D eigenvalue weighted by Crippen LogP contribution is 2.20. The number of aromatic nitrogens is 8. The van der Waals surface area contributed by atoms with Crippen LogP contribution < -0.4 is 11.1 Å². The number of carbonyl (C=O) groups is 1. The smallest absolute Gasteiger partial charge is 0.341 e. The van der Waals surface area contributed by atoms with E-state index in [4.69, 9.17) is 5.73 Å². The van der Waals surface area contributed by atoms with Gasteiger partial charge in [0.1, 0.15) is 12.4 Å². The summed E-state index contributed by atoms with van der Waals surface area (Å²) in [7, 11) is 1.88. The summed E-state index contributed by atoms with van der Waals surface area (Å²) in [6.07, 6.45) is 12.0. The minimum atomic E-state index is -0.163. The van der Waals surface area contributed by atoms with E-state index in [0.29, 0.717) is 24.0 Å². The number of nitrogens with one attached hydrogen (secondary N) is 2. The molecule has 0 fully saturated rings. The van der Waals surface area contributed by atoms with Crippen LogP contribution >= 0.6 is 0 Å². The monoisotopic (exact) mass is 669 g/mol. The Morgan fingerprint density at radius 2 is 1.54 bits per heavy atom. The number of nitrogens with zero attached hydrogens (tertiary/aromatic N) is 9. The largest absolute Gasteiger partial charge is 0.377 e. The predicted molar refractivity (Wildman–Crippen MR) is 193 cm³/mol. The van der Waals surface area contributed by atoms with Gasteiger partial charge in [-0.05, 0) is 70.7 Å². The molecular weight excluding hydrogens is 628 g/mol. The summed E-state index contributed by atoms with van der Waals surface area (Å²) in [6, 6.07) is 28.7. The van der Waals surface area contributed by atoms with Gasteiger partial charge in [0.2, 0.25) is 5.95 Å². The van der Waals surface area contributed by atoms with Gasteiger partial charge in [-0.15, -0.1) is 0 Å². The van der Waals surface area contributed by atoms with Gasteiger partial charge in [0.25, 0.3) is 5.91 Å². The number of carbonyl (C=O) groups excluding carboxylic acids is 1. The zero-order chi connectivity index (χ0) is 34.9. The lowest BCUT2D eigenvalue weighted by molar-refractivity contribution is -0.596. The predicted octanol–water partition coefficient (Wildman–Crippen LogP) is 6.51. The summed E-state index contributed by atoms with van der Waals surface area (Å²) in [5.74, 6) is 1.88. The molecule has 13 nitrogen and oxygen atoms in total. The molecule has 4 aromatic heterocycles. The first-order valence-corrected chi connectivity index (χ1v) is 16.5. The summed E-state index contributed by atoms with van der Waals surface area (Å²) in [4.78, 5) is 24.2. The van der Waals surface area contributed by atoms with E-state index in [-0.39, 0.29) is 18.2 Å². The van der Waals surface area contributed by atoms with E-state index in [9.17, 15) is 4.79 Å². The third-order valence-corrected chi connectivity index (χ3v) is 7.90. The summed E-state index contributed by atoms with van der Waals surface area (Å²) < 4.78 is 7.34. The fourth-order valence-corrected chi connectivity index (χ4v) is 5.48. The molecule has 4 N–H and O–H groups in total. The summed E-state index contributed by atoms with van der Waals surface area (Å²) in [5, 5.41) is 15.7. The van der Waals surface area contributed by atoms with Crippen molar-refractivity contribution >= 4 is 33.9 Å². The molecular formula is C37H41N12O+. The van der Waals surface area contributed by atoms with E-state index < -0.39 is 0 Å². The van der Waals surface area contributed by atoms with Crippen molar-refractivity contribution in [2.45, 2.75) is 32.6 Å². The Balaban J connectivity index is 0.000000131. The molecule has 8 rings (SSSR count). The number of hydrogen-bond acceptors (Lipinski definition) is 7. The first kappa shape index (κ1) is 33.7. The van der Waals surface area contributed by atoms with Gasteiger partial charge in [-0.25, -0.2) is 9.97 Å². The van der Waals surface area contributed by atoms with Crippen LogP contribution in [-0.2, 0) is 7.05 Å². The van der Waals surface area contributed by atoms with Crippen molar-refractivity contribution < 1.29 is 9.49 Å². The zero-order valence-electron chi connectivity index (χ0n) is 28.3.